The van der Waals surface area contributed by atoms with Crippen molar-refractivity contribution in [2.75, 3.05) is 43.5 Å². The summed E-state index contributed by atoms with van der Waals surface area (Å²) in [6.07, 6.45) is 1.31. The quantitative estimate of drug-likeness (QED) is 0.790. The Labute approximate surface area is 159 Å². The Morgan fingerprint density at radius 3 is 2.37 bits per heavy atom. The molecule has 27 heavy (non-hydrogen) atoms. The maximum absolute atomic E-state index is 12.1. The molecule has 2 N–H and O–H groups in total. The van der Waals surface area contributed by atoms with E-state index in [0.29, 0.717) is 25.4 Å². The summed E-state index contributed by atoms with van der Waals surface area (Å²) in [5, 5.41) is 6.07. The van der Waals surface area contributed by atoms with Crippen molar-refractivity contribution >= 4 is 29.3 Å². The number of amides is 3. The molecule has 148 valence electrons. The SMILES string of the molecule is CCOC(=O)N1CCC(NCC(=O)Nc2ccc(N(C)C(C)=O)cc2)CC1. The molecule has 0 atom stereocenters. The Hall–Kier alpha value is -2.61. The lowest BCUT2D eigenvalue weighted by Gasteiger charge is -2.31. The van der Waals surface area contributed by atoms with Gasteiger partial charge in [0.15, 0.2) is 0 Å². The van der Waals surface area contributed by atoms with Gasteiger partial charge in [0.25, 0.3) is 0 Å². The van der Waals surface area contributed by atoms with Crippen LogP contribution >= 0.6 is 0 Å². The highest BCUT2D eigenvalue weighted by Crippen LogP contribution is 2.17. The lowest BCUT2D eigenvalue weighted by atomic mass is 10.1. The highest BCUT2D eigenvalue weighted by molar-refractivity contribution is 5.93. The minimum atomic E-state index is -0.271. The number of carbonyl (C=O) groups is 3. The third kappa shape index (κ3) is 6.25. The first-order chi connectivity index (χ1) is 12.9. The summed E-state index contributed by atoms with van der Waals surface area (Å²) in [5.74, 6) is -0.180. The van der Waals surface area contributed by atoms with Crippen molar-refractivity contribution in [1.29, 1.82) is 0 Å². The van der Waals surface area contributed by atoms with Gasteiger partial charge in [0.2, 0.25) is 11.8 Å². The van der Waals surface area contributed by atoms with Gasteiger partial charge in [-0.15, -0.1) is 0 Å². The lowest BCUT2D eigenvalue weighted by Crippen LogP contribution is -2.46. The predicted molar refractivity (Wildman–Crippen MR) is 104 cm³/mol. The molecule has 1 fully saturated rings. The molecule has 0 saturated carbocycles. The number of rotatable bonds is 6. The summed E-state index contributed by atoms with van der Waals surface area (Å²) in [6, 6.07) is 7.31. The van der Waals surface area contributed by atoms with E-state index in [-0.39, 0.29) is 30.5 Å². The van der Waals surface area contributed by atoms with Gasteiger partial charge in [-0.3, -0.25) is 9.59 Å². The molecule has 0 radical (unpaired) electrons. The Balaban J connectivity index is 1.72. The molecule has 1 heterocycles. The minimum Gasteiger partial charge on any atom is -0.450 e. The molecule has 1 saturated heterocycles. The maximum Gasteiger partial charge on any atom is 0.409 e. The zero-order valence-electron chi connectivity index (χ0n) is 16.2. The fourth-order valence-electron chi connectivity index (χ4n) is 2.87. The first-order valence-electron chi connectivity index (χ1n) is 9.20. The highest BCUT2D eigenvalue weighted by atomic mass is 16.6. The van der Waals surface area contributed by atoms with E-state index in [0.717, 1.165) is 18.5 Å². The number of hydrogen-bond donors (Lipinski definition) is 2. The predicted octanol–water partition coefficient (Wildman–Crippen LogP) is 1.82. The van der Waals surface area contributed by atoms with E-state index in [2.05, 4.69) is 10.6 Å². The van der Waals surface area contributed by atoms with Crippen LogP contribution in [0.25, 0.3) is 0 Å². The highest BCUT2D eigenvalue weighted by Gasteiger charge is 2.23. The van der Waals surface area contributed by atoms with Crippen LogP contribution in [0.1, 0.15) is 26.7 Å². The number of anilines is 2. The summed E-state index contributed by atoms with van der Waals surface area (Å²) < 4.78 is 5.00. The molecule has 0 aliphatic carbocycles. The van der Waals surface area contributed by atoms with Crippen LogP contribution in [0.2, 0.25) is 0 Å². The van der Waals surface area contributed by atoms with Crippen LogP contribution in [-0.4, -0.2) is 62.1 Å². The fraction of sp³-hybridized carbons (Fsp3) is 0.526. The van der Waals surface area contributed by atoms with Gasteiger partial charge in [0.05, 0.1) is 13.2 Å². The van der Waals surface area contributed by atoms with Crippen LogP contribution in [0.5, 0.6) is 0 Å². The van der Waals surface area contributed by atoms with E-state index in [1.807, 2.05) is 0 Å². The van der Waals surface area contributed by atoms with Crippen LogP contribution in [0.3, 0.4) is 0 Å². The third-order valence-electron chi connectivity index (χ3n) is 4.58. The number of nitrogens with one attached hydrogen (secondary N) is 2. The van der Waals surface area contributed by atoms with Crippen molar-refractivity contribution in [3.63, 3.8) is 0 Å². The van der Waals surface area contributed by atoms with E-state index < -0.39 is 0 Å². The molecule has 1 aliphatic rings. The molecule has 0 aromatic heterocycles. The van der Waals surface area contributed by atoms with Crippen LogP contribution < -0.4 is 15.5 Å². The van der Waals surface area contributed by atoms with Crippen molar-refractivity contribution in [3.8, 4) is 0 Å². The molecule has 8 nitrogen and oxygen atoms in total. The van der Waals surface area contributed by atoms with Gasteiger partial charge in [0.1, 0.15) is 0 Å². The van der Waals surface area contributed by atoms with Crippen LogP contribution in [0, 0.1) is 0 Å². The first-order valence-corrected chi connectivity index (χ1v) is 9.20. The molecular weight excluding hydrogens is 348 g/mol. The standard InChI is InChI=1S/C19H28N4O4/c1-4-27-19(26)23-11-9-15(10-12-23)20-13-18(25)21-16-5-7-17(8-6-16)22(3)14(2)24/h5-8,15,20H,4,9-13H2,1-3H3,(H,21,25). The second-order valence-corrected chi connectivity index (χ2v) is 6.51. The summed E-state index contributed by atoms with van der Waals surface area (Å²) in [4.78, 5) is 38.4. The molecule has 3 amide bonds. The minimum absolute atomic E-state index is 0.0509. The molecule has 2 rings (SSSR count). The summed E-state index contributed by atoms with van der Waals surface area (Å²) in [5.41, 5.74) is 1.45. The summed E-state index contributed by atoms with van der Waals surface area (Å²) in [7, 11) is 1.70. The lowest BCUT2D eigenvalue weighted by molar-refractivity contribution is -0.116. The molecule has 0 bridgehead atoms. The van der Waals surface area contributed by atoms with Gasteiger partial charge >= 0.3 is 6.09 Å². The normalized spacial score (nSPS) is 14.6. The molecule has 1 aliphatic heterocycles. The van der Waals surface area contributed by atoms with Crippen molar-refractivity contribution in [2.24, 2.45) is 0 Å². The number of likely N-dealkylation sites (tertiary alicyclic amines) is 1. The second kappa shape index (κ2) is 9.91. The van der Waals surface area contributed by atoms with Crippen molar-refractivity contribution < 1.29 is 19.1 Å². The smallest absolute Gasteiger partial charge is 0.409 e. The van der Waals surface area contributed by atoms with Crippen molar-refractivity contribution in [1.82, 2.24) is 10.2 Å². The number of carbonyl (C=O) groups excluding carboxylic acids is 3. The number of nitrogens with zero attached hydrogens (tertiary/aromatic N) is 2. The Morgan fingerprint density at radius 1 is 1.19 bits per heavy atom. The molecule has 0 unspecified atom stereocenters. The van der Waals surface area contributed by atoms with E-state index in [4.69, 9.17) is 4.74 Å². The average Bonchev–Trinajstić information content (AvgIpc) is 2.67. The van der Waals surface area contributed by atoms with E-state index in [1.54, 1.807) is 43.1 Å². The Morgan fingerprint density at radius 2 is 1.81 bits per heavy atom. The van der Waals surface area contributed by atoms with Gasteiger partial charge in [-0.2, -0.15) is 0 Å². The van der Waals surface area contributed by atoms with Gasteiger partial charge in [-0.25, -0.2) is 4.79 Å². The van der Waals surface area contributed by atoms with Crippen LogP contribution in [0.15, 0.2) is 24.3 Å². The third-order valence-corrected chi connectivity index (χ3v) is 4.58. The molecule has 8 heteroatoms. The summed E-state index contributed by atoms with van der Waals surface area (Å²) in [6.45, 7) is 5.13. The number of piperidine rings is 1. The van der Waals surface area contributed by atoms with Crippen LogP contribution in [0.4, 0.5) is 16.2 Å². The largest absolute Gasteiger partial charge is 0.450 e. The topological polar surface area (TPSA) is 91.0 Å². The monoisotopic (exact) mass is 376 g/mol. The zero-order valence-corrected chi connectivity index (χ0v) is 16.2. The summed E-state index contributed by atoms with van der Waals surface area (Å²) >= 11 is 0. The van der Waals surface area contributed by atoms with Crippen molar-refractivity contribution in [2.45, 2.75) is 32.7 Å². The molecular formula is C19H28N4O4. The molecule has 1 aromatic rings. The number of hydrogen-bond acceptors (Lipinski definition) is 5. The van der Waals surface area contributed by atoms with Gasteiger partial charge in [0, 0.05) is 44.5 Å². The Kier molecular flexibility index (Phi) is 7.60. The number of benzene rings is 1. The van der Waals surface area contributed by atoms with Gasteiger partial charge in [-0.1, -0.05) is 0 Å². The van der Waals surface area contributed by atoms with E-state index in [9.17, 15) is 14.4 Å². The maximum atomic E-state index is 12.1. The van der Waals surface area contributed by atoms with Gasteiger partial charge in [-0.05, 0) is 44.0 Å². The molecule has 1 aromatic carbocycles. The van der Waals surface area contributed by atoms with Gasteiger partial charge < -0.3 is 25.2 Å². The fourth-order valence-corrected chi connectivity index (χ4v) is 2.87. The van der Waals surface area contributed by atoms with Crippen LogP contribution in [-0.2, 0) is 14.3 Å². The van der Waals surface area contributed by atoms with Crippen molar-refractivity contribution in [3.05, 3.63) is 24.3 Å². The second-order valence-electron chi connectivity index (χ2n) is 6.51. The first kappa shape index (κ1) is 20.7. The number of ether oxygens (including phenoxy) is 1. The van der Waals surface area contributed by atoms with E-state index in [1.165, 1.54) is 11.8 Å². The Bertz CT molecular complexity index is 654. The average molecular weight is 376 g/mol. The van der Waals surface area contributed by atoms with E-state index >= 15 is 0 Å². The zero-order chi connectivity index (χ0) is 19.8. The molecule has 0 spiro atoms.